The van der Waals surface area contributed by atoms with Gasteiger partial charge in [0.05, 0.1) is 5.01 Å². The molecule has 0 radical (unpaired) electrons. The minimum Gasteiger partial charge on any atom is -0.479 e. The highest BCUT2D eigenvalue weighted by atomic mass is 32.1. The normalized spacial score (nSPS) is 15.4. The van der Waals surface area contributed by atoms with Crippen molar-refractivity contribution < 1.29 is 14.7 Å². The summed E-state index contributed by atoms with van der Waals surface area (Å²) in [5, 5.41) is 14.5. The Morgan fingerprint density at radius 1 is 1.29 bits per heavy atom. The van der Waals surface area contributed by atoms with E-state index in [1.54, 1.807) is 35.7 Å². The third-order valence-corrected chi connectivity index (χ3v) is 4.34. The number of hydrogen-bond acceptors (Lipinski definition) is 4. The lowest BCUT2D eigenvalue weighted by Gasteiger charge is -2.13. The lowest BCUT2D eigenvalue weighted by atomic mass is 10.1. The Labute approximate surface area is 125 Å². The van der Waals surface area contributed by atoms with Crippen LogP contribution in [0, 0.1) is 0 Å². The first kappa shape index (κ1) is 13.8. The molecular formula is C15H14N2O3S. The van der Waals surface area contributed by atoms with E-state index >= 15 is 0 Å². The molecule has 108 valence electrons. The van der Waals surface area contributed by atoms with Crippen molar-refractivity contribution in [1.29, 1.82) is 0 Å². The Balaban J connectivity index is 1.75. The van der Waals surface area contributed by atoms with Gasteiger partial charge in [0.1, 0.15) is 5.69 Å². The van der Waals surface area contributed by atoms with Gasteiger partial charge in [0.15, 0.2) is 6.04 Å². The third kappa shape index (κ3) is 3.11. The monoisotopic (exact) mass is 302 g/mol. The second-order valence-corrected chi connectivity index (χ2v) is 5.89. The largest absolute Gasteiger partial charge is 0.479 e. The second kappa shape index (κ2) is 5.65. The lowest BCUT2D eigenvalue weighted by molar-refractivity contribution is -0.139. The van der Waals surface area contributed by atoms with Crippen molar-refractivity contribution in [3.63, 3.8) is 0 Å². The molecule has 0 spiro atoms. The summed E-state index contributed by atoms with van der Waals surface area (Å²) >= 11 is 1.46. The summed E-state index contributed by atoms with van der Waals surface area (Å²) in [7, 11) is 0. The molecule has 0 aliphatic heterocycles. The molecule has 1 aliphatic carbocycles. The smallest absolute Gasteiger partial charge is 0.330 e. The van der Waals surface area contributed by atoms with Gasteiger partial charge < -0.3 is 10.4 Å². The van der Waals surface area contributed by atoms with Gasteiger partial charge >= 0.3 is 5.97 Å². The summed E-state index contributed by atoms with van der Waals surface area (Å²) in [6.45, 7) is 0. The standard InChI is InChI=1S/C15H14N2O3S/c18-13(11-8-21-14(16-11)10-6-7-10)17-12(15(19)20)9-4-2-1-3-5-9/h1-5,8,10,12H,6-7H2,(H,17,18)(H,19,20)/t12-/m0/s1. The molecule has 1 aromatic carbocycles. The van der Waals surface area contributed by atoms with Crippen molar-refractivity contribution in [1.82, 2.24) is 10.3 Å². The van der Waals surface area contributed by atoms with Crippen LogP contribution in [-0.4, -0.2) is 22.0 Å². The molecule has 2 aromatic rings. The van der Waals surface area contributed by atoms with E-state index in [0.29, 0.717) is 17.2 Å². The maximum atomic E-state index is 12.2. The van der Waals surface area contributed by atoms with Crippen molar-refractivity contribution in [2.45, 2.75) is 24.8 Å². The molecule has 1 amide bonds. The van der Waals surface area contributed by atoms with Crippen LogP contribution in [0.25, 0.3) is 0 Å². The number of benzene rings is 1. The molecule has 1 saturated carbocycles. The fourth-order valence-electron chi connectivity index (χ4n) is 2.05. The zero-order chi connectivity index (χ0) is 14.8. The minimum absolute atomic E-state index is 0.295. The Bertz CT molecular complexity index is 665. The molecule has 2 N–H and O–H groups in total. The van der Waals surface area contributed by atoms with Gasteiger partial charge in [-0.1, -0.05) is 30.3 Å². The number of carbonyl (C=O) groups is 2. The first-order chi connectivity index (χ1) is 10.1. The molecule has 0 bridgehead atoms. The van der Waals surface area contributed by atoms with Gasteiger partial charge in [-0.2, -0.15) is 0 Å². The van der Waals surface area contributed by atoms with E-state index in [1.807, 2.05) is 0 Å². The Morgan fingerprint density at radius 2 is 2.00 bits per heavy atom. The topological polar surface area (TPSA) is 79.3 Å². The number of amides is 1. The number of carboxylic acid groups (broad SMARTS) is 1. The van der Waals surface area contributed by atoms with E-state index in [1.165, 1.54) is 11.3 Å². The van der Waals surface area contributed by atoms with Gasteiger partial charge in [-0.15, -0.1) is 11.3 Å². The molecule has 1 aromatic heterocycles. The predicted molar refractivity (Wildman–Crippen MR) is 78.4 cm³/mol. The van der Waals surface area contributed by atoms with Crippen molar-refractivity contribution in [2.24, 2.45) is 0 Å². The molecule has 0 unspecified atom stereocenters. The SMILES string of the molecule is O=C(N[C@H](C(=O)O)c1ccccc1)c1csc(C2CC2)n1. The van der Waals surface area contributed by atoms with E-state index in [-0.39, 0.29) is 0 Å². The highest BCUT2D eigenvalue weighted by Crippen LogP contribution is 2.41. The number of aromatic nitrogens is 1. The molecular weight excluding hydrogens is 288 g/mol. The van der Waals surface area contributed by atoms with E-state index in [9.17, 15) is 14.7 Å². The third-order valence-electron chi connectivity index (χ3n) is 3.34. The molecule has 3 rings (SSSR count). The maximum absolute atomic E-state index is 12.2. The van der Waals surface area contributed by atoms with E-state index in [2.05, 4.69) is 10.3 Å². The number of carboxylic acids is 1. The van der Waals surface area contributed by atoms with Crippen LogP contribution in [0.15, 0.2) is 35.7 Å². The van der Waals surface area contributed by atoms with Gasteiger partial charge in [0.25, 0.3) is 5.91 Å². The van der Waals surface area contributed by atoms with Crippen LogP contribution in [-0.2, 0) is 4.79 Å². The number of nitrogens with zero attached hydrogens (tertiary/aromatic N) is 1. The number of nitrogens with one attached hydrogen (secondary N) is 1. The zero-order valence-corrected chi connectivity index (χ0v) is 12.0. The zero-order valence-electron chi connectivity index (χ0n) is 11.2. The number of aliphatic carboxylic acids is 1. The van der Waals surface area contributed by atoms with Gasteiger partial charge in [0, 0.05) is 11.3 Å². The summed E-state index contributed by atoms with van der Waals surface area (Å²) in [5.41, 5.74) is 0.833. The van der Waals surface area contributed by atoms with Crippen molar-refractivity contribution in [2.75, 3.05) is 0 Å². The van der Waals surface area contributed by atoms with Crippen LogP contribution in [0.2, 0.25) is 0 Å². The first-order valence-corrected chi connectivity index (χ1v) is 7.57. The van der Waals surface area contributed by atoms with Crippen molar-refractivity contribution >= 4 is 23.2 Å². The van der Waals surface area contributed by atoms with Crippen LogP contribution in [0.4, 0.5) is 0 Å². The summed E-state index contributed by atoms with van der Waals surface area (Å²) in [6.07, 6.45) is 2.24. The van der Waals surface area contributed by atoms with Crippen molar-refractivity contribution in [3.05, 3.63) is 52.0 Å². The molecule has 6 heteroatoms. The number of carbonyl (C=O) groups excluding carboxylic acids is 1. The lowest BCUT2D eigenvalue weighted by Crippen LogP contribution is -2.33. The maximum Gasteiger partial charge on any atom is 0.330 e. The summed E-state index contributed by atoms with van der Waals surface area (Å²) in [5.74, 6) is -1.05. The average Bonchev–Trinajstić information content (AvgIpc) is 3.22. The number of hydrogen-bond donors (Lipinski definition) is 2. The van der Waals surface area contributed by atoms with Crippen molar-refractivity contribution in [3.8, 4) is 0 Å². The van der Waals surface area contributed by atoms with Crippen LogP contribution >= 0.6 is 11.3 Å². The van der Waals surface area contributed by atoms with Crippen LogP contribution in [0.5, 0.6) is 0 Å². The van der Waals surface area contributed by atoms with E-state index in [4.69, 9.17) is 0 Å². The Hall–Kier alpha value is -2.21. The van der Waals surface area contributed by atoms with E-state index < -0.39 is 17.9 Å². The predicted octanol–water partition coefficient (Wildman–Crippen LogP) is 2.58. The van der Waals surface area contributed by atoms with Gasteiger partial charge in [0.2, 0.25) is 0 Å². The molecule has 1 atom stereocenters. The summed E-state index contributed by atoms with van der Waals surface area (Å²) in [4.78, 5) is 27.8. The van der Waals surface area contributed by atoms with Crippen LogP contribution in [0.3, 0.4) is 0 Å². The quantitative estimate of drug-likeness (QED) is 0.889. The van der Waals surface area contributed by atoms with Crippen LogP contribution < -0.4 is 5.32 Å². The molecule has 21 heavy (non-hydrogen) atoms. The fraction of sp³-hybridized carbons (Fsp3) is 0.267. The van der Waals surface area contributed by atoms with Crippen LogP contribution in [0.1, 0.15) is 45.9 Å². The van der Waals surface area contributed by atoms with Gasteiger partial charge in [-0.05, 0) is 18.4 Å². The second-order valence-electron chi connectivity index (χ2n) is 5.00. The average molecular weight is 302 g/mol. The Morgan fingerprint density at radius 3 is 2.62 bits per heavy atom. The molecule has 5 nitrogen and oxygen atoms in total. The highest BCUT2D eigenvalue weighted by molar-refractivity contribution is 7.10. The highest BCUT2D eigenvalue weighted by Gasteiger charge is 2.28. The fourth-order valence-corrected chi connectivity index (χ4v) is 3.02. The number of rotatable bonds is 5. The number of thiazole rings is 1. The first-order valence-electron chi connectivity index (χ1n) is 6.69. The molecule has 1 fully saturated rings. The summed E-state index contributed by atoms with van der Waals surface area (Å²) < 4.78 is 0. The van der Waals surface area contributed by atoms with Gasteiger partial charge in [-0.25, -0.2) is 9.78 Å². The molecule has 1 aliphatic rings. The minimum atomic E-state index is -1.09. The molecule has 0 saturated heterocycles. The van der Waals surface area contributed by atoms with E-state index in [0.717, 1.165) is 17.8 Å². The van der Waals surface area contributed by atoms with Gasteiger partial charge in [-0.3, -0.25) is 4.79 Å². The Kier molecular flexibility index (Phi) is 3.70. The summed E-state index contributed by atoms with van der Waals surface area (Å²) in [6, 6.07) is 7.57. The molecule has 1 heterocycles.